The predicted molar refractivity (Wildman–Crippen MR) is 81.0 cm³/mol. The molecular weight excluding hydrogens is 248 g/mol. The first kappa shape index (κ1) is 13.5. The summed E-state index contributed by atoms with van der Waals surface area (Å²) in [5.74, 6) is 0. The van der Waals surface area contributed by atoms with Gasteiger partial charge in [0.1, 0.15) is 0 Å². The normalized spacial score (nSPS) is 48.9. The molecule has 4 atom stereocenters. The van der Waals surface area contributed by atoms with Crippen LogP contribution in [0.3, 0.4) is 0 Å². The highest BCUT2D eigenvalue weighted by atomic mass is 15.7. The Kier molecular flexibility index (Phi) is 3.15. The van der Waals surface area contributed by atoms with E-state index in [0.29, 0.717) is 0 Å². The van der Waals surface area contributed by atoms with Crippen molar-refractivity contribution in [1.82, 2.24) is 9.80 Å². The number of hydrogen-bond acceptors (Lipinski definition) is 2. The minimum Gasteiger partial charge on any atom is -0.301 e. The van der Waals surface area contributed by atoms with Crippen molar-refractivity contribution in [3.8, 4) is 0 Å². The van der Waals surface area contributed by atoms with Gasteiger partial charge >= 0.3 is 0 Å². The van der Waals surface area contributed by atoms with Gasteiger partial charge in [0.2, 0.25) is 12.3 Å². The number of likely N-dealkylation sites (N-methyl/N-ethyl adjacent to an activating group) is 2. The molecule has 0 spiro atoms. The summed E-state index contributed by atoms with van der Waals surface area (Å²) in [5, 5.41) is 0. The highest BCUT2D eigenvalue weighted by Gasteiger charge is 2.63. The molecule has 0 aromatic rings. The fourth-order valence-corrected chi connectivity index (χ4v) is 5.98. The van der Waals surface area contributed by atoms with Gasteiger partial charge in [0.05, 0.1) is 52.4 Å². The number of quaternary nitrogens is 2. The lowest BCUT2D eigenvalue weighted by atomic mass is 9.94. The van der Waals surface area contributed by atoms with E-state index in [1.165, 1.54) is 87.3 Å². The number of nitrogens with zero attached hydrogens (tertiary/aromatic N) is 4. The Balaban J connectivity index is 1.77. The van der Waals surface area contributed by atoms with E-state index in [9.17, 15) is 0 Å². The molecule has 4 heterocycles. The van der Waals surface area contributed by atoms with Crippen molar-refractivity contribution in [2.24, 2.45) is 0 Å². The lowest BCUT2D eigenvalue weighted by molar-refractivity contribution is -1.05. The molecule has 4 rings (SSSR count). The van der Waals surface area contributed by atoms with Crippen LogP contribution < -0.4 is 0 Å². The summed E-state index contributed by atoms with van der Waals surface area (Å²) in [5.41, 5.74) is 0. The van der Waals surface area contributed by atoms with Crippen LogP contribution >= 0.6 is 0 Å². The number of hydrogen-bond donors (Lipinski definition) is 0. The summed E-state index contributed by atoms with van der Waals surface area (Å²) in [6.07, 6.45) is 4.44. The molecule has 114 valence electrons. The third kappa shape index (κ3) is 1.62. The zero-order chi connectivity index (χ0) is 13.8. The molecule has 4 saturated heterocycles. The second-order valence-electron chi connectivity index (χ2n) is 7.57. The fraction of sp³-hybridized carbons (Fsp3) is 1.00. The second kappa shape index (κ2) is 4.67. The van der Waals surface area contributed by atoms with Crippen LogP contribution in [0.4, 0.5) is 0 Å². The fourth-order valence-electron chi connectivity index (χ4n) is 5.98. The van der Waals surface area contributed by atoms with Crippen LogP contribution in [0.2, 0.25) is 0 Å². The Hall–Kier alpha value is -0.160. The van der Waals surface area contributed by atoms with Crippen molar-refractivity contribution in [1.29, 1.82) is 0 Å². The Morgan fingerprint density at radius 2 is 1.15 bits per heavy atom. The van der Waals surface area contributed by atoms with E-state index < -0.39 is 0 Å². The Morgan fingerprint density at radius 1 is 0.700 bits per heavy atom. The average Bonchev–Trinajstić information content (AvgIpc) is 2.52. The van der Waals surface area contributed by atoms with Gasteiger partial charge in [-0.05, 0) is 13.8 Å². The highest BCUT2D eigenvalue weighted by Crippen LogP contribution is 2.41. The molecule has 0 radical (unpaired) electrons. The Bertz CT molecular complexity index is 351. The molecule has 4 fully saturated rings. The van der Waals surface area contributed by atoms with Gasteiger partial charge < -0.3 is 8.97 Å². The SMILES string of the molecule is CC[N+]12CCCN3CC[N+]4(CC)CCCN(CC1)[C@@H]4[C@@H]32. The van der Waals surface area contributed by atoms with Crippen molar-refractivity contribution in [3.63, 3.8) is 0 Å². The minimum absolute atomic E-state index is 0.802. The van der Waals surface area contributed by atoms with E-state index in [1.807, 2.05) is 0 Å². The third-order valence-corrected chi connectivity index (χ3v) is 7.16. The van der Waals surface area contributed by atoms with Crippen LogP contribution in [0.1, 0.15) is 26.7 Å². The summed E-state index contributed by atoms with van der Waals surface area (Å²) in [7, 11) is 0. The van der Waals surface area contributed by atoms with E-state index in [0.717, 1.165) is 12.3 Å². The Labute approximate surface area is 124 Å². The van der Waals surface area contributed by atoms with Crippen molar-refractivity contribution in [3.05, 3.63) is 0 Å². The summed E-state index contributed by atoms with van der Waals surface area (Å²) in [4.78, 5) is 5.75. The molecular formula is C16H32N4+2. The smallest absolute Gasteiger partial charge is 0.214 e. The second-order valence-corrected chi connectivity index (χ2v) is 7.57. The monoisotopic (exact) mass is 280 g/mol. The highest BCUT2D eigenvalue weighted by molar-refractivity contribution is 4.88. The topological polar surface area (TPSA) is 6.48 Å². The summed E-state index contributed by atoms with van der Waals surface area (Å²) in [6, 6.07) is 0. The maximum absolute atomic E-state index is 2.88. The first-order valence-corrected chi connectivity index (χ1v) is 8.94. The van der Waals surface area contributed by atoms with Gasteiger partial charge in [-0.15, -0.1) is 0 Å². The maximum Gasteiger partial charge on any atom is 0.214 e. The van der Waals surface area contributed by atoms with Gasteiger partial charge in [0.25, 0.3) is 0 Å². The van der Waals surface area contributed by atoms with E-state index >= 15 is 0 Å². The molecule has 2 unspecified atom stereocenters. The van der Waals surface area contributed by atoms with Crippen LogP contribution in [0.25, 0.3) is 0 Å². The molecule has 0 bridgehead atoms. The van der Waals surface area contributed by atoms with E-state index in [2.05, 4.69) is 23.6 Å². The first-order chi connectivity index (χ1) is 9.75. The largest absolute Gasteiger partial charge is 0.301 e. The molecule has 0 saturated carbocycles. The molecule has 0 aromatic carbocycles. The van der Waals surface area contributed by atoms with E-state index in [-0.39, 0.29) is 0 Å². The van der Waals surface area contributed by atoms with Crippen molar-refractivity contribution >= 4 is 0 Å². The van der Waals surface area contributed by atoms with Crippen LogP contribution in [0, 0.1) is 0 Å². The molecule has 4 heteroatoms. The molecule has 0 aliphatic carbocycles. The maximum atomic E-state index is 2.88. The van der Waals surface area contributed by atoms with Crippen molar-refractivity contribution < 1.29 is 8.97 Å². The molecule has 0 amide bonds. The zero-order valence-electron chi connectivity index (χ0n) is 13.4. The molecule has 0 aromatic heterocycles. The first-order valence-electron chi connectivity index (χ1n) is 8.94. The van der Waals surface area contributed by atoms with Crippen LogP contribution in [-0.4, -0.2) is 96.5 Å². The lowest BCUT2D eigenvalue weighted by Gasteiger charge is -2.66. The van der Waals surface area contributed by atoms with Crippen LogP contribution in [0.5, 0.6) is 0 Å². The van der Waals surface area contributed by atoms with Gasteiger partial charge in [0.15, 0.2) is 0 Å². The predicted octanol–water partition coefficient (Wildman–Crippen LogP) is 0.751. The van der Waals surface area contributed by atoms with E-state index in [1.54, 1.807) is 0 Å². The number of rotatable bonds is 2. The van der Waals surface area contributed by atoms with E-state index in [4.69, 9.17) is 0 Å². The van der Waals surface area contributed by atoms with Crippen molar-refractivity contribution in [2.45, 2.75) is 39.0 Å². The minimum atomic E-state index is 0.802. The number of piperazine rings is 2. The zero-order valence-corrected chi connectivity index (χ0v) is 13.4. The van der Waals surface area contributed by atoms with Crippen LogP contribution in [0.15, 0.2) is 0 Å². The standard InChI is InChI=1S/C16H32N4/c1-3-19-11-5-7-17-10-14-20(4-2)12-6-8-18(9-13-19)16(20)15(17)19/h15-16H,3-14H2,1-2H3/q+2/t15-,16-,19?,20?/m0/s1. The molecule has 4 aliphatic heterocycles. The van der Waals surface area contributed by atoms with Crippen LogP contribution in [-0.2, 0) is 0 Å². The summed E-state index contributed by atoms with van der Waals surface area (Å²) in [6.45, 7) is 18.7. The molecule has 4 nitrogen and oxygen atoms in total. The van der Waals surface area contributed by atoms with Gasteiger partial charge in [-0.25, -0.2) is 9.80 Å². The Morgan fingerprint density at radius 3 is 1.55 bits per heavy atom. The third-order valence-electron chi connectivity index (χ3n) is 7.16. The molecule has 0 N–H and O–H groups in total. The van der Waals surface area contributed by atoms with Gasteiger partial charge in [-0.2, -0.15) is 0 Å². The average molecular weight is 280 g/mol. The van der Waals surface area contributed by atoms with Gasteiger partial charge in [0, 0.05) is 25.9 Å². The summed E-state index contributed by atoms with van der Waals surface area (Å²) >= 11 is 0. The van der Waals surface area contributed by atoms with Gasteiger partial charge in [-0.1, -0.05) is 0 Å². The summed E-state index contributed by atoms with van der Waals surface area (Å²) < 4.78 is 2.81. The lowest BCUT2D eigenvalue weighted by Crippen LogP contribution is -2.87. The quantitative estimate of drug-likeness (QED) is 0.689. The van der Waals surface area contributed by atoms with Crippen molar-refractivity contribution in [2.75, 3.05) is 65.4 Å². The molecule has 20 heavy (non-hydrogen) atoms. The van der Waals surface area contributed by atoms with Gasteiger partial charge in [-0.3, -0.25) is 0 Å². The molecule has 4 aliphatic rings.